The van der Waals surface area contributed by atoms with Gasteiger partial charge in [-0.25, -0.2) is 22.0 Å². The smallest absolute Gasteiger partial charge is 0.264 e. The quantitative estimate of drug-likeness (QED) is 0.766. The Hall–Kier alpha value is -2.43. The lowest BCUT2D eigenvalue weighted by molar-refractivity contribution is -0.116. The molecule has 2 heterocycles. The van der Waals surface area contributed by atoms with E-state index >= 15 is 0 Å². The number of anilines is 2. The van der Waals surface area contributed by atoms with Crippen LogP contribution in [0.1, 0.15) is 31.9 Å². The second-order valence-corrected chi connectivity index (χ2v) is 11.3. The first-order valence-electron chi connectivity index (χ1n) is 9.54. The van der Waals surface area contributed by atoms with Crippen LogP contribution < -0.4 is 14.3 Å². The molecule has 0 bridgehead atoms. The van der Waals surface area contributed by atoms with Crippen LogP contribution in [0.25, 0.3) is 0 Å². The number of rotatable bonds is 3. The van der Waals surface area contributed by atoms with Crippen molar-refractivity contribution in [2.24, 2.45) is 5.14 Å². The van der Waals surface area contributed by atoms with Crippen LogP contribution in [0.2, 0.25) is 0 Å². The molecule has 2 aliphatic rings. The number of hydrogen-bond donors (Lipinski definition) is 1. The molecular formula is C20H23N3O5S2. The molecule has 0 aliphatic carbocycles. The van der Waals surface area contributed by atoms with E-state index < -0.39 is 20.0 Å². The second-order valence-electron chi connectivity index (χ2n) is 7.92. The maximum absolute atomic E-state index is 13.5. The molecule has 2 N–H and O–H groups in total. The van der Waals surface area contributed by atoms with Crippen molar-refractivity contribution in [1.82, 2.24) is 0 Å². The van der Waals surface area contributed by atoms with Gasteiger partial charge in [0.15, 0.2) is 0 Å². The summed E-state index contributed by atoms with van der Waals surface area (Å²) in [6.45, 7) is 5.20. The first kappa shape index (κ1) is 20.8. The standard InChI is InChI=1S/C20H23N3O5S2/c1-12-8-15-11-18(5-6-19(15)22(12)14(3)24)30(27,28)23-13(2)9-16-10-17(29(21,25)26)4-7-20(16)23/h4-7,10-13H,8-9H2,1-3H3,(H2,21,25,26)/t12-,13+/m0/s1. The van der Waals surface area contributed by atoms with Crippen molar-refractivity contribution in [2.75, 3.05) is 9.21 Å². The zero-order valence-electron chi connectivity index (χ0n) is 16.9. The number of nitrogens with zero attached hydrogens (tertiary/aromatic N) is 2. The highest BCUT2D eigenvalue weighted by Gasteiger charge is 2.38. The van der Waals surface area contributed by atoms with Crippen LogP contribution in [0.4, 0.5) is 11.4 Å². The van der Waals surface area contributed by atoms with Gasteiger partial charge in [0, 0.05) is 24.7 Å². The van der Waals surface area contributed by atoms with E-state index in [9.17, 15) is 21.6 Å². The molecule has 2 atom stereocenters. The van der Waals surface area contributed by atoms with Crippen LogP contribution in [0.15, 0.2) is 46.2 Å². The van der Waals surface area contributed by atoms with E-state index in [4.69, 9.17) is 5.14 Å². The van der Waals surface area contributed by atoms with Crippen molar-refractivity contribution in [3.63, 3.8) is 0 Å². The molecule has 0 aromatic heterocycles. The molecule has 0 spiro atoms. The fourth-order valence-corrected chi connectivity index (χ4v) is 6.79. The Kier molecular flexibility index (Phi) is 4.72. The molecule has 2 aromatic rings. The second kappa shape index (κ2) is 6.79. The topological polar surface area (TPSA) is 118 Å². The lowest BCUT2D eigenvalue weighted by Gasteiger charge is -2.25. The lowest BCUT2D eigenvalue weighted by atomic mass is 10.1. The third kappa shape index (κ3) is 3.19. The number of benzene rings is 2. The fraction of sp³-hybridized carbons (Fsp3) is 0.350. The maximum Gasteiger partial charge on any atom is 0.264 e. The minimum atomic E-state index is -3.88. The Bertz CT molecular complexity index is 1270. The number of amides is 1. The molecule has 4 rings (SSSR count). The number of sulfonamides is 2. The molecule has 0 radical (unpaired) electrons. The molecule has 30 heavy (non-hydrogen) atoms. The molecular weight excluding hydrogens is 426 g/mol. The Labute approximate surface area is 176 Å². The van der Waals surface area contributed by atoms with Crippen molar-refractivity contribution in [3.8, 4) is 0 Å². The highest BCUT2D eigenvalue weighted by molar-refractivity contribution is 7.93. The first-order chi connectivity index (χ1) is 13.9. The molecule has 160 valence electrons. The fourth-order valence-electron chi connectivity index (χ4n) is 4.48. The highest BCUT2D eigenvalue weighted by Crippen LogP contribution is 2.40. The minimum Gasteiger partial charge on any atom is -0.309 e. The molecule has 2 aromatic carbocycles. The van der Waals surface area contributed by atoms with Gasteiger partial charge in [0.25, 0.3) is 10.0 Å². The van der Waals surface area contributed by atoms with Crippen molar-refractivity contribution < 1.29 is 21.6 Å². The summed E-state index contributed by atoms with van der Waals surface area (Å²) in [5.41, 5.74) is 2.63. The van der Waals surface area contributed by atoms with Crippen LogP contribution in [0.5, 0.6) is 0 Å². The number of nitrogens with two attached hydrogens (primary N) is 1. The van der Waals surface area contributed by atoms with Gasteiger partial charge < -0.3 is 4.90 Å². The van der Waals surface area contributed by atoms with Crippen molar-refractivity contribution in [3.05, 3.63) is 47.5 Å². The van der Waals surface area contributed by atoms with E-state index in [1.54, 1.807) is 24.0 Å². The van der Waals surface area contributed by atoms with E-state index in [0.717, 1.165) is 11.3 Å². The van der Waals surface area contributed by atoms with E-state index in [0.29, 0.717) is 24.1 Å². The Morgan fingerprint density at radius 2 is 1.43 bits per heavy atom. The van der Waals surface area contributed by atoms with Crippen molar-refractivity contribution in [1.29, 1.82) is 0 Å². The number of carbonyl (C=O) groups excluding carboxylic acids is 1. The van der Waals surface area contributed by atoms with Crippen LogP contribution >= 0.6 is 0 Å². The molecule has 0 saturated heterocycles. The summed E-state index contributed by atoms with van der Waals surface area (Å²) in [4.78, 5) is 13.7. The summed E-state index contributed by atoms with van der Waals surface area (Å²) in [6, 6.07) is 8.68. The zero-order chi connectivity index (χ0) is 22.0. The van der Waals surface area contributed by atoms with Gasteiger partial charge in [-0.05, 0) is 74.2 Å². The van der Waals surface area contributed by atoms with Gasteiger partial charge in [-0.1, -0.05) is 0 Å². The summed E-state index contributed by atoms with van der Waals surface area (Å²) < 4.78 is 51.6. The summed E-state index contributed by atoms with van der Waals surface area (Å²) >= 11 is 0. The Morgan fingerprint density at radius 3 is 2.07 bits per heavy atom. The van der Waals surface area contributed by atoms with Crippen LogP contribution in [0, 0.1) is 0 Å². The SMILES string of the molecule is CC(=O)N1c2ccc(S(=O)(=O)N3c4ccc(S(N)(=O)=O)cc4C[C@H]3C)cc2C[C@@H]1C. The average molecular weight is 450 g/mol. The van der Waals surface area contributed by atoms with Gasteiger partial charge in [-0.2, -0.15) is 0 Å². The number of primary sulfonamides is 1. The molecule has 0 saturated carbocycles. The van der Waals surface area contributed by atoms with E-state index in [1.807, 2.05) is 6.92 Å². The Balaban J connectivity index is 1.76. The minimum absolute atomic E-state index is 0.0291. The van der Waals surface area contributed by atoms with Crippen molar-refractivity contribution >= 4 is 37.3 Å². The highest BCUT2D eigenvalue weighted by atomic mass is 32.2. The number of fused-ring (bicyclic) bond motifs is 2. The molecule has 2 aliphatic heterocycles. The molecule has 0 fully saturated rings. The molecule has 8 nitrogen and oxygen atoms in total. The van der Waals surface area contributed by atoms with Crippen molar-refractivity contribution in [2.45, 2.75) is 55.5 Å². The maximum atomic E-state index is 13.5. The normalized spacial score (nSPS) is 20.9. The summed E-state index contributed by atoms with van der Waals surface area (Å²) in [7, 11) is -7.75. The van der Waals surface area contributed by atoms with Gasteiger partial charge in [0.1, 0.15) is 0 Å². The van der Waals surface area contributed by atoms with Gasteiger partial charge in [0.2, 0.25) is 15.9 Å². The summed E-state index contributed by atoms with van der Waals surface area (Å²) in [5.74, 6) is -0.0791. The van der Waals surface area contributed by atoms with Crippen LogP contribution in [0.3, 0.4) is 0 Å². The van der Waals surface area contributed by atoms with E-state index in [1.165, 1.54) is 35.5 Å². The number of hydrogen-bond acceptors (Lipinski definition) is 5. The third-order valence-corrected chi connectivity index (χ3v) is 8.53. The lowest BCUT2D eigenvalue weighted by Crippen LogP contribution is -2.35. The van der Waals surface area contributed by atoms with Gasteiger partial charge in [-0.15, -0.1) is 0 Å². The van der Waals surface area contributed by atoms with E-state index in [2.05, 4.69) is 0 Å². The Morgan fingerprint density at radius 1 is 0.900 bits per heavy atom. The summed E-state index contributed by atoms with van der Waals surface area (Å²) in [5, 5.41) is 5.21. The zero-order valence-corrected chi connectivity index (χ0v) is 18.5. The third-order valence-electron chi connectivity index (χ3n) is 5.70. The van der Waals surface area contributed by atoms with Crippen LogP contribution in [-0.4, -0.2) is 34.8 Å². The predicted octanol–water partition coefficient (Wildman–Crippen LogP) is 1.77. The monoisotopic (exact) mass is 449 g/mol. The van der Waals surface area contributed by atoms with Gasteiger partial charge in [0.05, 0.1) is 15.5 Å². The van der Waals surface area contributed by atoms with E-state index in [-0.39, 0.29) is 27.8 Å². The number of carbonyl (C=O) groups is 1. The molecule has 10 heteroatoms. The largest absolute Gasteiger partial charge is 0.309 e. The van der Waals surface area contributed by atoms with Crippen LogP contribution in [-0.2, 0) is 37.7 Å². The average Bonchev–Trinajstić information content (AvgIpc) is 3.14. The molecule has 0 unspecified atom stereocenters. The van der Waals surface area contributed by atoms with Gasteiger partial charge in [-0.3, -0.25) is 9.10 Å². The molecule has 1 amide bonds. The summed E-state index contributed by atoms with van der Waals surface area (Å²) in [6.07, 6.45) is 0.972. The first-order valence-corrected chi connectivity index (χ1v) is 12.5. The predicted molar refractivity (Wildman–Crippen MR) is 113 cm³/mol. The van der Waals surface area contributed by atoms with Gasteiger partial charge >= 0.3 is 0 Å².